The molecule has 3 heterocycles. The third-order valence-corrected chi connectivity index (χ3v) is 4.14. The first-order valence-electron chi connectivity index (χ1n) is 7.71. The molecule has 1 aliphatic rings. The Morgan fingerprint density at radius 1 is 1.32 bits per heavy atom. The molecule has 5 heteroatoms. The number of amides is 1. The largest absolute Gasteiger partial charge is 0.343 e. The highest BCUT2D eigenvalue weighted by atomic mass is 16.2. The SMILES string of the molecule is CC(=O)N1CCCC(Cc2ccc(-c3cccnc3)nn2)C1. The zero-order chi connectivity index (χ0) is 15.4. The number of carbonyl (C=O) groups excluding carboxylic acids is 1. The molecule has 0 N–H and O–H groups in total. The molecule has 3 rings (SSSR count). The van der Waals surface area contributed by atoms with E-state index < -0.39 is 0 Å². The van der Waals surface area contributed by atoms with Crippen molar-refractivity contribution in [2.24, 2.45) is 5.92 Å². The summed E-state index contributed by atoms with van der Waals surface area (Å²) in [7, 11) is 0. The molecule has 1 fully saturated rings. The quantitative estimate of drug-likeness (QED) is 0.872. The first-order chi connectivity index (χ1) is 10.7. The molecule has 0 saturated carbocycles. The molecule has 5 nitrogen and oxygen atoms in total. The molecule has 1 atom stereocenters. The van der Waals surface area contributed by atoms with E-state index in [-0.39, 0.29) is 5.91 Å². The average Bonchev–Trinajstić information content (AvgIpc) is 2.56. The maximum atomic E-state index is 11.5. The summed E-state index contributed by atoms with van der Waals surface area (Å²) >= 11 is 0. The second-order valence-corrected chi connectivity index (χ2v) is 5.83. The van der Waals surface area contributed by atoms with Crippen molar-refractivity contribution in [2.45, 2.75) is 26.2 Å². The normalized spacial score (nSPS) is 18.2. The molecular weight excluding hydrogens is 276 g/mol. The Hall–Kier alpha value is -2.30. The minimum atomic E-state index is 0.169. The number of nitrogens with zero attached hydrogens (tertiary/aromatic N) is 4. The van der Waals surface area contributed by atoms with Crippen LogP contribution in [0.3, 0.4) is 0 Å². The fourth-order valence-electron chi connectivity index (χ4n) is 2.95. The second-order valence-electron chi connectivity index (χ2n) is 5.83. The third-order valence-electron chi connectivity index (χ3n) is 4.14. The second kappa shape index (κ2) is 6.64. The van der Waals surface area contributed by atoms with Crippen molar-refractivity contribution in [3.63, 3.8) is 0 Å². The minimum absolute atomic E-state index is 0.169. The summed E-state index contributed by atoms with van der Waals surface area (Å²) in [5, 5.41) is 8.64. The summed E-state index contributed by atoms with van der Waals surface area (Å²) in [5.41, 5.74) is 2.80. The van der Waals surface area contributed by atoms with Crippen LogP contribution in [0, 0.1) is 5.92 Å². The summed E-state index contributed by atoms with van der Waals surface area (Å²) in [6.45, 7) is 3.36. The summed E-state index contributed by atoms with van der Waals surface area (Å²) in [4.78, 5) is 17.5. The van der Waals surface area contributed by atoms with Gasteiger partial charge in [-0.15, -0.1) is 0 Å². The van der Waals surface area contributed by atoms with Gasteiger partial charge < -0.3 is 4.90 Å². The van der Waals surface area contributed by atoms with E-state index in [1.165, 1.54) is 0 Å². The van der Waals surface area contributed by atoms with Crippen molar-refractivity contribution >= 4 is 5.91 Å². The van der Waals surface area contributed by atoms with E-state index in [0.29, 0.717) is 5.92 Å². The number of hydrogen-bond donors (Lipinski definition) is 0. The monoisotopic (exact) mass is 296 g/mol. The zero-order valence-corrected chi connectivity index (χ0v) is 12.8. The number of hydrogen-bond acceptors (Lipinski definition) is 4. The van der Waals surface area contributed by atoms with Crippen LogP contribution in [0.1, 0.15) is 25.5 Å². The Bertz CT molecular complexity index is 627. The predicted molar refractivity (Wildman–Crippen MR) is 83.9 cm³/mol. The van der Waals surface area contributed by atoms with E-state index >= 15 is 0 Å². The fraction of sp³-hybridized carbons (Fsp3) is 0.412. The van der Waals surface area contributed by atoms with Crippen molar-refractivity contribution in [1.29, 1.82) is 0 Å². The van der Waals surface area contributed by atoms with Gasteiger partial charge in [-0.3, -0.25) is 9.78 Å². The van der Waals surface area contributed by atoms with Gasteiger partial charge in [0.2, 0.25) is 5.91 Å². The lowest BCUT2D eigenvalue weighted by atomic mass is 9.93. The number of rotatable bonds is 3. The molecule has 1 aliphatic heterocycles. The topological polar surface area (TPSA) is 59.0 Å². The molecule has 22 heavy (non-hydrogen) atoms. The van der Waals surface area contributed by atoms with Crippen molar-refractivity contribution in [1.82, 2.24) is 20.1 Å². The molecule has 2 aromatic rings. The third kappa shape index (κ3) is 3.47. The maximum Gasteiger partial charge on any atom is 0.219 e. The van der Waals surface area contributed by atoms with Gasteiger partial charge in [-0.25, -0.2) is 0 Å². The highest BCUT2D eigenvalue weighted by Crippen LogP contribution is 2.21. The Kier molecular flexibility index (Phi) is 4.42. The van der Waals surface area contributed by atoms with Gasteiger partial charge in [-0.05, 0) is 49.4 Å². The zero-order valence-electron chi connectivity index (χ0n) is 12.8. The lowest BCUT2D eigenvalue weighted by Gasteiger charge is -2.31. The minimum Gasteiger partial charge on any atom is -0.343 e. The summed E-state index contributed by atoms with van der Waals surface area (Å²) in [5.74, 6) is 0.652. The standard InChI is InChI=1S/C17H20N4O/c1-13(22)21-9-3-4-14(12-21)10-16-6-7-17(20-19-16)15-5-2-8-18-11-15/h2,5-8,11,14H,3-4,9-10,12H2,1H3. The number of pyridine rings is 1. The van der Waals surface area contributed by atoms with Crippen LogP contribution in [0.25, 0.3) is 11.3 Å². The van der Waals surface area contributed by atoms with Gasteiger partial charge in [0.15, 0.2) is 0 Å². The fourth-order valence-corrected chi connectivity index (χ4v) is 2.95. The molecule has 0 aromatic carbocycles. The van der Waals surface area contributed by atoms with Gasteiger partial charge >= 0.3 is 0 Å². The van der Waals surface area contributed by atoms with Crippen molar-refractivity contribution in [2.75, 3.05) is 13.1 Å². The highest BCUT2D eigenvalue weighted by molar-refractivity contribution is 5.73. The van der Waals surface area contributed by atoms with E-state index in [4.69, 9.17) is 0 Å². The number of likely N-dealkylation sites (tertiary alicyclic amines) is 1. The van der Waals surface area contributed by atoms with Gasteiger partial charge in [-0.1, -0.05) is 0 Å². The average molecular weight is 296 g/mol. The van der Waals surface area contributed by atoms with Crippen molar-refractivity contribution in [3.8, 4) is 11.3 Å². The smallest absolute Gasteiger partial charge is 0.219 e. The van der Waals surface area contributed by atoms with Gasteiger partial charge in [0, 0.05) is 38.0 Å². The van der Waals surface area contributed by atoms with E-state index in [9.17, 15) is 4.79 Å². The number of carbonyl (C=O) groups is 1. The lowest BCUT2D eigenvalue weighted by molar-refractivity contribution is -0.130. The molecule has 114 valence electrons. The summed E-state index contributed by atoms with van der Waals surface area (Å²) in [6, 6.07) is 7.89. The van der Waals surface area contributed by atoms with Gasteiger partial charge in [0.1, 0.15) is 0 Å². The molecule has 1 unspecified atom stereocenters. The molecule has 0 radical (unpaired) electrons. The van der Waals surface area contributed by atoms with Crippen LogP contribution >= 0.6 is 0 Å². The summed E-state index contributed by atoms with van der Waals surface area (Å²) < 4.78 is 0. The first-order valence-corrected chi connectivity index (χ1v) is 7.71. The highest BCUT2D eigenvalue weighted by Gasteiger charge is 2.22. The van der Waals surface area contributed by atoms with Crippen LogP contribution in [0.2, 0.25) is 0 Å². The van der Waals surface area contributed by atoms with Crippen molar-refractivity contribution in [3.05, 3.63) is 42.4 Å². The Labute approximate surface area is 130 Å². The number of aromatic nitrogens is 3. The Morgan fingerprint density at radius 2 is 2.23 bits per heavy atom. The molecule has 0 bridgehead atoms. The lowest BCUT2D eigenvalue weighted by Crippen LogP contribution is -2.39. The molecule has 2 aromatic heterocycles. The predicted octanol–water partition coefficient (Wildman–Crippen LogP) is 2.34. The van der Waals surface area contributed by atoms with Crippen LogP contribution in [-0.4, -0.2) is 39.1 Å². The summed E-state index contributed by atoms with van der Waals surface area (Å²) in [6.07, 6.45) is 6.63. The molecular formula is C17H20N4O. The van der Waals surface area contributed by atoms with Crippen LogP contribution in [-0.2, 0) is 11.2 Å². The molecule has 0 spiro atoms. The van der Waals surface area contributed by atoms with E-state index in [1.807, 2.05) is 29.2 Å². The van der Waals surface area contributed by atoms with Gasteiger partial charge in [-0.2, -0.15) is 10.2 Å². The van der Waals surface area contributed by atoms with Crippen LogP contribution < -0.4 is 0 Å². The van der Waals surface area contributed by atoms with Gasteiger partial charge in [0.25, 0.3) is 0 Å². The van der Waals surface area contributed by atoms with Crippen molar-refractivity contribution < 1.29 is 4.79 Å². The first kappa shape index (κ1) is 14.6. The van der Waals surface area contributed by atoms with Gasteiger partial charge in [0.05, 0.1) is 11.4 Å². The maximum absolute atomic E-state index is 11.5. The Balaban J connectivity index is 1.65. The van der Waals surface area contributed by atoms with Crippen LogP contribution in [0.4, 0.5) is 0 Å². The van der Waals surface area contributed by atoms with E-state index in [2.05, 4.69) is 15.2 Å². The van der Waals surface area contributed by atoms with Crippen LogP contribution in [0.5, 0.6) is 0 Å². The Morgan fingerprint density at radius 3 is 2.91 bits per heavy atom. The molecule has 1 saturated heterocycles. The number of piperidine rings is 1. The molecule has 0 aliphatic carbocycles. The van der Waals surface area contributed by atoms with E-state index in [0.717, 1.165) is 49.3 Å². The van der Waals surface area contributed by atoms with Crippen LogP contribution in [0.15, 0.2) is 36.7 Å². The van der Waals surface area contributed by atoms with E-state index in [1.54, 1.807) is 19.3 Å². The molecule has 1 amide bonds.